The quantitative estimate of drug-likeness (QED) is 0.247. The molecule has 8 atom stereocenters. The zero-order chi connectivity index (χ0) is 22.4. The van der Waals surface area contributed by atoms with E-state index in [0.717, 1.165) is 6.42 Å². The summed E-state index contributed by atoms with van der Waals surface area (Å²) in [5.74, 6) is -0.614. The van der Waals surface area contributed by atoms with Crippen LogP contribution in [0.4, 0.5) is 0 Å². The Labute approximate surface area is 234 Å². The van der Waals surface area contributed by atoms with Crippen molar-refractivity contribution in [2.45, 2.75) is 53.8 Å². The van der Waals surface area contributed by atoms with Gasteiger partial charge >= 0.3 is 0 Å². The third kappa shape index (κ3) is 2.26. The van der Waals surface area contributed by atoms with E-state index in [1.165, 1.54) is 0 Å². The van der Waals surface area contributed by atoms with Crippen LogP contribution in [0.5, 0.6) is 0 Å². The van der Waals surface area contributed by atoms with Crippen molar-refractivity contribution in [2.75, 3.05) is 0 Å². The van der Waals surface area contributed by atoms with Crippen LogP contribution in [0.2, 0.25) is 0 Å². The first-order valence-electron chi connectivity index (χ1n) is 9.20. The lowest BCUT2D eigenvalue weighted by Gasteiger charge is -2.47. The van der Waals surface area contributed by atoms with E-state index in [1.807, 2.05) is 0 Å². The average Bonchev–Trinajstić information content (AvgIpc) is 3.03. The largest absolute Gasteiger partial charge is 0.166 e. The number of hydrogen-bond acceptors (Lipinski definition) is 0. The van der Waals surface area contributed by atoms with Gasteiger partial charge in [-0.3, -0.25) is 0 Å². The molecule has 5 aliphatic rings. The average molecular weight is 654 g/mol. The van der Waals surface area contributed by atoms with Gasteiger partial charge in [0, 0.05) is 0 Å². The SMILES string of the molecule is ClC1=C(Cl)[C@@]2(Cl)C[C@H]([C@@H]3CC[C@@H]4[C@H](C3)[C@@]3(Cl)C(Cl)=C(Cl)[C@]4(Cl)C3(Cl)Cl)[C@@]1(Cl)C2(Cl)Cl. The zero-order valence-electron chi connectivity index (χ0n) is 14.7. The van der Waals surface area contributed by atoms with Gasteiger partial charge in [0.05, 0.1) is 20.1 Å². The fourth-order valence-corrected chi connectivity index (χ4v) is 12.6. The van der Waals surface area contributed by atoms with Gasteiger partial charge < -0.3 is 0 Å². The van der Waals surface area contributed by atoms with E-state index >= 15 is 0 Å². The highest BCUT2D eigenvalue weighted by Crippen LogP contribution is 2.80. The van der Waals surface area contributed by atoms with Gasteiger partial charge in [-0.2, -0.15) is 0 Å². The van der Waals surface area contributed by atoms with Gasteiger partial charge in [0.1, 0.15) is 19.5 Å². The van der Waals surface area contributed by atoms with Crippen molar-refractivity contribution in [2.24, 2.45) is 23.7 Å². The Kier molecular flexibility index (Phi) is 5.61. The van der Waals surface area contributed by atoms with E-state index in [9.17, 15) is 0 Å². The Morgan fingerprint density at radius 3 is 1.50 bits per heavy atom. The number of halogens is 12. The summed E-state index contributed by atoms with van der Waals surface area (Å²) in [5.41, 5.74) is 0. The number of rotatable bonds is 1. The normalized spacial score (nSPS) is 55.6. The first-order valence-corrected chi connectivity index (χ1v) is 13.7. The van der Waals surface area contributed by atoms with Crippen LogP contribution in [0, 0.1) is 23.7 Å². The highest BCUT2D eigenvalue weighted by molar-refractivity contribution is 6.66. The van der Waals surface area contributed by atoms with Gasteiger partial charge in [-0.05, 0) is 49.4 Å². The molecule has 5 aliphatic carbocycles. The van der Waals surface area contributed by atoms with E-state index in [1.54, 1.807) is 0 Å². The summed E-state index contributed by atoms with van der Waals surface area (Å²) in [6.07, 6.45) is 2.37. The molecule has 0 unspecified atom stereocenters. The lowest BCUT2D eigenvalue weighted by atomic mass is 9.64. The summed E-state index contributed by atoms with van der Waals surface area (Å²) < 4.78 is -3.13. The van der Waals surface area contributed by atoms with Crippen LogP contribution in [0.3, 0.4) is 0 Å². The minimum atomic E-state index is -1.57. The van der Waals surface area contributed by atoms with Crippen LogP contribution in [0.1, 0.15) is 25.7 Å². The first-order chi connectivity index (χ1) is 13.6. The lowest BCUT2D eigenvalue weighted by Crippen LogP contribution is -2.48. The Hall–Kier alpha value is 2.96. The smallest absolute Gasteiger partial charge is 0.110 e. The van der Waals surface area contributed by atoms with Crippen molar-refractivity contribution in [3.63, 3.8) is 0 Å². The molecule has 0 aromatic rings. The number of alkyl halides is 8. The van der Waals surface area contributed by atoms with Crippen molar-refractivity contribution in [3.8, 4) is 0 Å². The van der Waals surface area contributed by atoms with Crippen LogP contribution < -0.4 is 0 Å². The molecular formula is C18H12Cl12. The highest BCUT2D eigenvalue weighted by atomic mass is 35.5. The molecule has 30 heavy (non-hydrogen) atoms. The molecule has 0 aliphatic heterocycles. The minimum Gasteiger partial charge on any atom is -0.110 e. The molecule has 0 saturated heterocycles. The Bertz CT molecular complexity index is 922. The summed E-state index contributed by atoms with van der Waals surface area (Å²) in [6.45, 7) is 0. The summed E-state index contributed by atoms with van der Waals surface area (Å²) in [7, 11) is 0. The van der Waals surface area contributed by atoms with Crippen molar-refractivity contribution in [1.82, 2.24) is 0 Å². The second-order valence-corrected chi connectivity index (χ2v) is 15.5. The highest BCUT2D eigenvalue weighted by Gasteiger charge is 2.84. The fourth-order valence-electron chi connectivity index (χ4n) is 6.58. The second kappa shape index (κ2) is 6.83. The maximum atomic E-state index is 7.03. The Morgan fingerprint density at radius 2 is 1.00 bits per heavy atom. The van der Waals surface area contributed by atoms with Gasteiger partial charge in [0.2, 0.25) is 0 Å². The second-order valence-electron chi connectivity index (χ2n) is 8.94. The molecule has 0 spiro atoms. The maximum absolute atomic E-state index is 7.03. The molecular weight excluding hydrogens is 642 g/mol. The summed E-state index contributed by atoms with van der Waals surface area (Å²) in [5, 5.41) is 0.802. The monoisotopic (exact) mass is 648 g/mol. The van der Waals surface area contributed by atoms with Crippen LogP contribution in [-0.4, -0.2) is 28.2 Å². The molecule has 0 nitrogen and oxygen atoms in total. The first kappa shape index (κ1) is 24.6. The van der Waals surface area contributed by atoms with Crippen LogP contribution in [-0.2, 0) is 0 Å². The molecule has 12 heteroatoms. The van der Waals surface area contributed by atoms with E-state index < -0.39 is 28.2 Å². The molecule has 3 fully saturated rings. The lowest BCUT2D eigenvalue weighted by molar-refractivity contribution is 0.126. The third-order valence-electron chi connectivity index (χ3n) is 8.05. The third-order valence-corrected chi connectivity index (χ3v) is 16.7. The summed E-state index contributed by atoms with van der Waals surface area (Å²) in [4.78, 5) is -5.15. The van der Waals surface area contributed by atoms with Gasteiger partial charge in [0.25, 0.3) is 0 Å². The number of fused-ring (bicyclic) bond motifs is 7. The number of allylic oxidation sites excluding steroid dienone is 4. The van der Waals surface area contributed by atoms with E-state index in [2.05, 4.69) is 0 Å². The zero-order valence-corrected chi connectivity index (χ0v) is 23.7. The number of hydrogen-bond donors (Lipinski definition) is 0. The molecule has 0 aromatic carbocycles. The molecule has 0 radical (unpaired) electrons. The molecule has 3 saturated carbocycles. The predicted molar refractivity (Wildman–Crippen MR) is 133 cm³/mol. The van der Waals surface area contributed by atoms with Crippen molar-refractivity contribution in [3.05, 3.63) is 20.1 Å². The maximum Gasteiger partial charge on any atom is 0.166 e. The van der Waals surface area contributed by atoms with Gasteiger partial charge in [-0.1, -0.05) is 92.8 Å². The molecule has 168 valence electrons. The molecule has 4 bridgehead atoms. The molecule has 0 N–H and O–H groups in total. The fraction of sp³-hybridized carbons (Fsp3) is 0.778. The van der Waals surface area contributed by atoms with Gasteiger partial charge in [-0.15, -0.1) is 46.4 Å². The summed E-state index contributed by atoms with van der Waals surface area (Å²) >= 11 is 80.6. The van der Waals surface area contributed by atoms with E-state index in [0.29, 0.717) is 19.3 Å². The standard InChI is InChI=1S/C18H12Cl12/c19-9-10(20)16(26)8(4-13(9,23)17(16,27)28)5-1-2-6-7(3-5)15(25)12(22)11(21)14(6,24)18(15,29)30/h5-8H,1-4H2/t5-,6-,7+,8-,13+,14+,15-,16+/m1/s1. The van der Waals surface area contributed by atoms with Crippen LogP contribution in [0.15, 0.2) is 20.1 Å². The van der Waals surface area contributed by atoms with Crippen molar-refractivity contribution in [1.29, 1.82) is 0 Å². The topological polar surface area (TPSA) is 0 Å². The predicted octanol–water partition coefficient (Wildman–Crippen LogP) is 9.72. The molecule has 0 aromatic heterocycles. The van der Waals surface area contributed by atoms with Gasteiger partial charge in [-0.25, -0.2) is 0 Å². The minimum absolute atomic E-state index is 0.0161. The van der Waals surface area contributed by atoms with Gasteiger partial charge in [0.15, 0.2) is 8.67 Å². The Morgan fingerprint density at radius 1 is 0.533 bits per heavy atom. The van der Waals surface area contributed by atoms with Crippen molar-refractivity contribution < 1.29 is 0 Å². The van der Waals surface area contributed by atoms with Crippen LogP contribution >= 0.6 is 139 Å². The van der Waals surface area contributed by atoms with E-state index in [4.69, 9.17) is 139 Å². The Balaban J connectivity index is 1.55. The van der Waals surface area contributed by atoms with E-state index in [-0.39, 0.29) is 43.8 Å². The summed E-state index contributed by atoms with van der Waals surface area (Å²) in [6, 6.07) is 0. The molecule has 0 amide bonds. The van der Waals surface area contributed by atoms with Crippen molar-refractivity contribution >= 4 is 139 Å². The molecule has 5 rings (SSSR count). The van der Waals surface area contributed by atoms with Crippen LogP contribution in [0.25, 0.3) is 0 Å². The molecule has 0 heterocycles.